The molecule has 0 aliphatic heterocycles. The first-order chi connectivity index (χ1) is 4.97. The monoisotopic (exact) mass is 344 g/mol. The molecular weight excluding hydrogens is 326 g/mol. The number of rotatable bonds is 0. The molecule has 0 fully saturated rings. The van der Waals surface area contributed by atoms with E-state index in [1.807, 2.05) is 0 Å². The second-order valence-corrected chi connectivity index (χ2v) is 3.42. The Hall–Kier alpha value is -0.178. The van der Waals surface area contributed by atoms with E-state index in [-0.39, 0.29) is 12.8 Å². The summed E-state index contributed by atoms with van der Waals surface area (Å²) in [6, 6.07) is 0. The van der Waals surface area contributed by atoms with Crippen LogP contribution in [0.4, 0.5) is 0 Å². The standard InChI is InChI=1S/C8H14.CH3.2O.Re/c1-5-6-7-8(2,3)4;;;;/h5H2,1-4H3;1H3;;;/q;-1;;;. The molecule has 0 atom stereocenters. The maximum absolute atomic E-state index is 8.53. The molecule has 0 aromatic carbocycles. The molecule has 12 heavy (non-hydrogen) atoms. The van der Waals surface area contributed by atoms with Crippen molar-refractivity contribution in [3.05, 3.63) is 7.43 Å². The first-order valence-corrected chi connectivity index (χ1v) is 5.59. The Bertz CT molecular complexity index is 175. The van der Waals surface area contributed by atoms with E-state index in [0.29, 0.717) is 0 Å². The Labute approximate surface area is 83.9 Å². The molecule has 0 saturated heterocycles. The van der Waals surface area contributed by atoms with Gasteiger partial charge in [-0.25, -0.2) is 0 Å². The van der Waals surface area contributed by atoms with Crippen molar-refractivity contribution in [1.82, 2.24) is 0 Å². The van der Waals surface area contributed by atoms with Crippen molar-refractivity contribution < 1.29 is 24.8 Å². The fourth-order valence-electron chi connectivity index (χ4n) is 0.354. The van der Waals surface area contributed by atoms with Crippen molar-refractivity contribution >= 4 is 0 Å². The Morgan fingerprint density at radius 3 is 1.67 bits per heavy atom. The van der Waals surface area contributed by atoms with Crippen LogP contribution in [0.5, 0.6) is 0 Å². The van der Waals surface area contributed by atoms with Crippen molar-refractivity contribution in [2.75, 3.05) is 0 Å². The third kappa shape index (κ3) is 32.9. The van der Waals surface area contributed by atoms with Crippen LogP contribution in [-0.2, 0) is 24.8 Å². The van der Waals surface area contributed by atoms with Gasteiger partial charge in [0.2, 0.25) is 0 Å². The molecule has 0 aromatic rings. The van der Waals surface area contributed by atoms with Gasteiger partial charge >= 0.3 is 24.8 Å². The van der Waals surface area contributed by atoms with Gasteiger partial charge in [0, 0.05) is 11.8 Å². The molecule has 0 amide bonds. The molecule has 0 saturated carbocycles. The fourth-order valence-corrected chi connectivity index (χ4v) is 0.354. The zero-order valence-electron chi connectivity index (χ0n) is 8.40. The average Bonchev–Trinajstić information content (AvgIpc) is 1.84. The van der Waals surface area contributed by atoms with E-state index in [0.717, 1.165) is 6.42 Å². The van der Waals surface area contributed by atoms with Gasteiger partial charge in [0.15, 0.2) is 0 Å². The minimum absolute atomic E-state index is 0. The van der Waals surface area contributed by atoms with Gasteiger partial charge in [0.1, 0.15) is 0 Å². The summed E-state index contributed by atoms with van der Waals surface area (Å²) in [6.45, 7) is 8.43. The molecule has 0 N–H and O–H groups in total. The van der Waals surface area contributed by atoms with Crippen LogP contribution in [0.15, 0.2) is 0 Å². The van der Waals surface area contributed by atoms with Gasteiger partial charge in [0.25, 0.3) is 0 Å². The molecule has 3 heteroatoms. The molecule has 0 unspecified atom stereocenters. The average molecular weight is 343 g/mol. The molecular formula is C9H17O2Re-. The SMILES string of the molecule is CCC#CC(C)(C)C.[CH3-].[O]=[Re]=[O]. The summed E-state index contributed by atoms with van der Waals surface area (Å²) in [5.74, 6) is 6.16. The third-order valence-corrected chi connectivity index (χ3v) is 0.640. The molecule has 0 aliphatic rings. The molecule has 0 aromatic heterocycles. The third-order valence-electron chi connectivity index (χ3n) is 0.640. The minimum atomic E-state index is -2.17. The second-order valence-electron chi connectivity index (χ2n) is 2.97. The van der Waals surface area contributed by atoms with Crippen LogP contribution in [0, 0.1) is 24.7 Å². The maximum atomic E-state index is 8.53. The summed E-state index contributed by atoms with van der Waals surface area (Å²) in [5.41, 5.74) is 0.190. The Morgan fingerprint density at radius 1 is 1.25 bits per heavy atom. The van der Waals surface area contributed by atoms with Gasteiger partial charge < -0.3 is 7.43 Å². The van der Waals surface area contributed by atoms with Gasteiger partial charge in [0.05, 0.1) is 0 Å². The number of hydrogen-bond donors (Lipinski definition) is 0. The van der Waals surface area contributed by atoms with Crippen LogP contribution in [-0.4, -0.2) is 0 Å². The van der Waals surface area contributed by atoms with E-state index in [1.165, 1.54) is 0 Å². The molecule has 0 aliphatic carbocycles. The van der Waals surface area contributed by atoms with E-state index in [1.54, 1.807) is 0 Å². The zero-order chi connectivity index (χ0) is 9.33. The van der Waals surface area contributed by atoms with E-state index < -0.39 is 17.9 Å². The summed E-state index contributed by atoms with van der Waals surface area (Å²) >= 11 is -2.17. The van der Waals surface area contributed by atoms with Crippen LogP contribution < -0.4 is 0 Å². The molecule has 0 heterocycles. The van der Waals surface area contributed by atoms with E-state index in [9.17, 15) is 0 Å². The van der Waals surface area contributed by atoms with E-state index >= 15 is 0 Å². The van der Waals surface area contributed by atoms with Gasteiger partial charge in [-0.15, -0.1) is 5.92 Å². The van der Waals surface area contributed by atoms with Crippen LogP contribution in [0.2, 0.25) is 0 Å². The Morgan fingerprint density at radius 2 is 1.58 bits per heavy atom. The predicted molar refractivity (Wildman–Crippen MR) is 45.3 cm³/mol. The van der Waals surface area contributed by atoms with Crippen LogP contribution in [0.1, 0.15) is 34.1 Å². The molecule has 0 rings (SSSR count). The van der Waals surface area contributed by atoms with Crippen molar-refractivity contribution in [2.45, 2.75) is 34.1 Å². The molecule has 0 spiro atoms. The van der Waals surface area contributed by atoms with Crippen molar-refractivity contribution in [3.8, 4) is 11.8 Å². The van der Waals surface area contributed by atoms with E-state index in [4.69, 9.17) is 6.94 Å². The van der Waals surface area contributed by atoms with Crippen molar-refractivity contribution in [3.63, 3.8) is 0 Å². The molecule has 0 radical (unpaired) electrons. The normalized spacial score (nSPS) is 7.67. The summed E-state index contributed by atoms with van der Waals surface area (Å²) in [7, 11) is 0. The Balaban J connectivity index is -0.000000177. The summed E-state index contributed by atoms with van der Waals surface area (Å²) in [6.07, 6.45) is 0.970. The zero-order valence-corrected chi connectivity index (χ0v) is 11.1. The summed E-state index contributed by atoms with van der Waals surface area (Å²) in [4.78, 5) is 0. The van der Waals surface area contributed by atoms with Crippen LogP contribution >= 0.6 is 0 Å². The molecule has 73 valence electrons. The van der Waals surface area contributed by atoms with Gasteiger partial charge in [-0.2, -0.15) is 0 Å². The van der Waals surface area contributed by atoms with E-state index in [2.05, 4.69) is 39.5 Å². The second kappa shape index (κ2) is 10.8. The summed E-state index contributed by atoms with van der Waals surface area (Å²) in [5, 5.41) is 0. The first-order valence-electron chi connectivity index (χ1n) is 3.37. The Kier molecular flexibility index (Phi) is 16.0. The van der Waals surface area contributed by atoms with Crippen molar-refractivity contribution in [1.29, 1.82) is 0 Å². The fraction of sp³-hybridized carbons (Fsp3) is 0.667. The molecule has 0 bridgehead atoms. The molecule has 2 nitrogen and oxygen atoms in total. The van der Waals surface area contributed by atoms with Gasteiger partial charge in [-0.05, 0) is 20.8 Å². The summed E-state index contributed by atoms with van der Waals surface area (Å²) < 4.78 is 17.1. The topological polar surface area (TPSA) is 34.1 Å². The van der Waals surface area contributed by atoms with Crippen molar-refractivity contribution in [2.24, 2.45) is 5.41 Å². The quantitative estimate of drug-likeness (QED) is 0.501. The number of hydrogen-bond acceptors (Lipinski definition) is 2. The van der Waals surface area contributed by atoms with Crippen LogP contribution in [0.3, 0.4) is 0 Å². The predicted octanol–water partition coefficient (Wildman–Crippen LogP) is 2.66. The first kappa shape index (κ1) is 17.8. The van der Waals surface area contributed by atoms with Crippen LogP contribution in [0.25, 0.3) is 0 Å². The van der Waals surface area contributed by atoms with Gasteiger partial charge in [-0.3, -0.25) is 0 Å². The van der Waals surface area contributed by atoms with Gasteiger partial charge in [-0.1, -0.05) is 12.8 Å².